The zero-order valence-electron chi connectivity index (χ0n) is 13.2. The largest absolute Gasteiger partial charge is 0.369 e. The van der Waals surface area contributed by atoms with Gasteiger partial charge < -0.3 is 16.0 Å². The van der Waals surface area contributed by atoms with Crippen LogP contribution in [0.4, 0.5) is 10.5 Å². The Hall–Kier alpha value is -2.64. The van der Waals surface area contributed by atoms with Gasteiger partial charge in [0.25, 0.3) is 0 Å². The number of hydrogen-bond acceptors (Lipinski definition) is 4. The lowest BCUT2D eigenvalue weighted by atomic mass is 10.1. The molecule has 2 aromatic rings. The summed E-state index contributed by atoms with van der Waals surface area (Å²) in [4.78, 5) is 29.4. The molecule has 1 saturated heterocycles. The van der Waals surface area contributed by atoms with E-state index in [1.165, 1.54) is 0 Å². The van der Waals surface area contributed by atoms with Crippen molar-refractivity contribution < 1.29 is 9.59 Å². The topological polar surface area (TPSA) is 106 Å². The molecule has 0 aliphatic carbocycles. The fourth-order valence-corrected chi connectivity index (χ4v) is 2.77. The SMILES string of the molecule is CC(C)n1ncc2cc(NC(=O)N3CC[C@@H](C(N)=O)C3)cnc21. The second-order valence-corrected chi connectivity index (χ2v) is 6.08. The number of nitrogens with one attached hydrogen (secondary N) is 1. The van der Waals surface area contributed by atoms with Crippen LogP contribution in [0.2, 0.25) is 0 Å². The zero-order valence-corrected chi connectivity index (χ0v) is 13.2. The molecule has 122 valence electrons. The molecule has 0 saturated carbocycles. The smallest absolute Gasteiger partial charge is 0.321 e. The van der Waals surface area contributed by atoms with Crippen LogP contribution in [0.3, 0.4) is 0 Å². The maximum atomic E-state index is 12.2. The van der Waals surface area contributed by atoms with E-state index >= 15 is 0 Å². The summed E-state index contributed by atoms with van der Waals surface area (Å²) in [5.74, 6) is -0.616. The number of hydrogen-bond donors (Lipinski definition) is 2. The molecule has 8 nitrogen and oxygen atoms in total. The van der Waals surface area contributed by atoms with Crippen molar-refractivity contribution in [3.8, 4) is 0 Å². The number of rotatable bonds is 3. The van der Waals surface area contributed by atoms with E-state index < -0.39 is 0 Å². The summed E-state index contributed by atoms with van der Waals surface area (Å²) in [6, 6.07) is 1.82. The van der Waals surface area contributed by atoms with Crippen LogP contribution in [0.5, 0.6) is 0 Å². The molecular weight excluding hydrogens is 296 g/mol. The molecule has 1 fully saturated rings. The molecule has 0 bridgehead atoms. The first-order valence-corrected chi connectivity index (χ1v) is 7.64. The van der Waals surface area contributed by atoms with Crippen LogP contribution in [-0.2, 0) is 4.79 Å². The van der Waals surface area contributed by atoms with Gasteiger partial charge in [-0.05, 0) is 26.3 Å². The van der Waals surface area contributed by atoms with Crippen LogP contribution in [0.1, 0.15) is 26.3 Å². The number of urea groups is 1. The summed E-state index contributed by atoms with van der Waals surface area (Å²) in [5.41, 5.74) is 6.68. The van der Waals surface area contributed by atoms with Crippen molar-refractivity contribution in [2.24, 2.45) is 11.7 Å². The van der Waals surface area contributed by atoms with E-state index in [2.05, 4.69) is 15.4 Å². The van der Waals surface area contributed by atoms with Crippen LogP contribution in [0.15, 0.2) is 18.5 Å². The number of aromatic nitrogens is 3. The highest BCUT2D eigenvalue weighted by Crippen LogP contribution is 2.21. The molecule has 3 heterocycles. The molecular formula is C15H20N6O2. The highest BCUT2D eigenvalue weighted by molar-refractivity contribution is 5.92. The Morgan fingerprint density at radius 2 is 2.17 bits per heavy atom. The average molecular weight is 316 g/mol. The Kier molecular flexibility index (Phi) is 3.89. The van der Waals surface area contributed by atoms with Crippen LogP contribution in [-0.4, -0.2) is 44.7 Å². The van der Waals surface area contributed by atoms with Gasteiger partial charge >= 0.3 is 6.03 Å². The molecule has 0 aromatic carbocycles. The van der Waals surface area contributed by atoms with Crippen molar-refractivity contribution in [1.29, 1.82) is 0 Å². The van der Waals surface area contributed by atoms with Gasteiger partial charge in [0, 0.05) is 24.5 Å². The first-order valence-electron chi connectivity index (χ1n) is 7.64. The van der Waals surface area contributed by atoms with E-state index in [9.17, 15) is 9.59 Å². The molecule has 3 N–H and O–H groups in total. The maximum absolute atomic E-state index is 12.2. The monoisotopic (exact) mass is 316 g/mol. The molecule has 1 aliphatic heterocycles. The van der Waals surface area contributed by atoms with Gasteiger partial charge in [-0.15, -0.1) is 0 Å². The van der Waals surface area contributed by atoms with Crippen LogP contribution < -0.4 is 11.1 Å². The molecule has 0 radical (unpaired) electrons. The Bertz CT molecular complexity index is 754. The number of amides is 3. The van der Waals surface area contributed by atoms with Crippen molar-refractivity contribution in [3.05, 3.63) is 18.5 Å². The first-order chi connectivity index (χ1) is 11.0. The summed E-state index contributed by atoms with van der Waals surface area (Å²) in [7, 11) is 0. The Labute approximate surface area is 133 Å². The van der Waals surface area contributed by atoms with Crippen LogP contribution in [0.25, 0.3) is 11.0 Å². The van der Waals surface area contributed by atoms with Gasteiger partial charge in [-0.2, -0.15) is 5.10 Å². The molecule has 1 atom stereocenters. The highest BCUT2D eigenvalue weighted by atomic mass is 16.2. The summed E-state index contributed by atoms with van der Waals surface area (Å²) in [5, 5.41) is 7.98. The molecule has 3 amide bonds. The van der Waals surface area contributed by atoms with Gasteiger partial charge in [0.2, 0.25) is 5.91 Å². The quantitative estimate of drug-likeness (QED) is 0.891. The Morgan fingerprint density at radius 3 is 2.83 bits per heavy atom. The van der Waals surface area contributed by atoms with Gasteiger partial charge in [0.15, 0.2) is 5.65 Å². The van der Waals surface area contributed by atoms with Crippen molar-refractivity contribution in [2.45, 2.75) is 26.3 Å². The Balaban J connectivity index is 1.72. The third-order valence-electron chi connectivity index (χ3n) is 4.05. The van der Waals surface area contributed by atoms with Crippen molar-refractivity contribution in [3.63, 3.8) is 0 Å². The third-order valence-corrected chi connectivity index (χ3v) is 4.05. The number of carbonyl (C=O) groups is 2. The maximum Gasteiger partial charge on any atom is 0.321 e. The van der Waals surface area contributed by atoms with Gasteiger partial charge in [-0.25, -0.2) is 14.5 Å². The predicted molar refractivity (Wildman–Crippen MR) is 85.8 cm³/mol. The van der Waals surface area contributed by atoms with Crippen LogP contribution >= 0.6 is 0 Å². The van der Waals surface area contributed by atoms with Crippen molar-refractivity contribution in [2.75, 3.05) is 18.4 Å². The number of primary amides is 1. The number of carbonyl (C=O) groups excluding carboxylic acids is 2. The van der Waals surface area contributed by atoms with Gasteiger partial charge in [-0.3, -0.25) is 4.79 Å². The average Bonchev–Trinajstić information content (AvgIpc) is 3.13. The van der Waals surface area contributed by atoms with Gasteiger partial charge in [0.05, 0.1) is 24.0 Å². The van der Waals surface area contributed by atoms with Gasteiger partial charge in [0.1, 0.15) is 0 Å². The number of nitrogens with two attached hydrogens (primary N) is 1. The number of pyridine rings is 1. The standard InChI is InChI=1S/C15H20N6O2/c1-9(2)21-14-11(6-18-21)5-12(7-17-14)19-15(23)20-4-3-10(8-20)13(16)22/h5-7,9-10H,3-4,8H2,1-2H3,(H2,16,22)(H,19,23)/t10-/m1/s1. The zero-order chi connectivity index (χ0) is 16.6. The summed E-state index contributed by atoms with van der Waals surface area (Å²) < 4.78 is 1.83. The minimum absolute atomic E-state index is 0.218. The molecule has 1 aliphatic rings. The van der Waals surface area contributed by atoms with Crippen molar-refractivity contribution >= 4 is 28.7 Å². The van der Waals surface area contributed by atoms with E-state index in [1.807, 2.05) is 24.6 Å². The van der Waals surface area contributed by atoms with E-state index in [1.54, 1.807) is 17.3 Å². The van der Waals surface area contributed by atoms with E-state index in [0.717, 1.165) is 11.0 Å². The number of likely N-dealkylation sites (tertiary alicyclic amines) is 1. The first kappa shape index (κ1) is 15.3. The second-order valence-electron chi connectivity index (χ2n) is 6.08. The number of anilines is 1. The number of nitrogens with zero attached hydrogens (tertiary/aromatic N) is 4. The fourth-order valence-electron chi connectivity index (χ4n) is 2.77. The molecule has 0 spiro atoms. The van der Waals surface area contributed by atoms with Crippen molar-refractivity contribution in [1.82, 2.24) is 19.7 Å². The molecule has 2 aromatic heterocycles. The van der Waals surface area contributed by atoms with E-state index in [-0.39, 0.29) is 23.9 Å². The fraction of sp³-hybridized carbons (Fsp3) is 0.467. The van der Waals surface area contributed by atoms with Gasteiger partial charge in [-0.1, -0.05) is 0 Å². The minimum Gasteiger partial charge on any atom is -0.369 e. The third kappa shape index (κ3) is 2.96. The highest BCUT2D eigenvalue weighted by Gasteiger charge is 2.29. The lowest BCUT2D eigenvalue weighted by molar-refractivity contribution is -0.121. The molecule has 3 rings (SSSR count). The summed E-state index contributed by atoms with van der Waals surface area (Å²) >= 11 is 0. The molecule has 8 heteroatoms. The molecule has 23 heavy (non-hydrogen) atoms. The van der Waals surface area contributed by atoms with Crippen LogP contribution in [0, 0.1) is 5.92 Å². The molecule has 0 unspecified atom stereocenters. The second kappa shape index (κ2) is 5.86. The summed E-state index contributed by atoms with van der Waals surface area (Å²) in [6.07, 6.45) is 3.96. The minimum atomic E-state index is -0.357. The Morgan fingerprint density at radius 1 is 1.39 bits per heavy atom. The predicted octanol–water partition coefficient (Wildman–Crippen LogP) is 1.35. The van der Waals surface area contributed by atoms with E-state index in [0.29, 0.717) is 25.2 Å². The summed E-state index contributed by atoms with van der Waals surface area (Å²) in [6.45, 7) is 4.96. The van der Waals surface area contributed by atoms with E-state index in [4.69, 9.17) is 5.73 Å². The normalized spacial score (nSPS) is 17.9. The lowest BCUT2D eigenvalue weighted by Gasteiger charge is -2.16. The lowest BCUT2D eigenvalue weighted by Crippen LogP contribution is -2.34. The number of fused-ring (bicyclic) bond motifs is 1.